The van der Waals surface area contributed by atoms with E-state index in [4.69, 9.17) is 5.11 Å². The van der Waals surface area contributed by atoms with Crippen molar-refractivity contribution in [2.24, 2.45) is 0 Å². The van der Waals surface area contributed by atoms with Crippen LogP contribution in [-0.2, 0) is 0 Å². The molecular formula is C19H12FN3O3S. The predicted molar refractivity (Wildman–Crippen MR) is 99.1 cm³/mol. The summed E-state index contributed by atoms with van der Waals surface area (Å²) in [7, 11) is 0. The van der Waals surface area contributed by atoms with Gasteiger partial charge in [-0.05, 0) is 29.5 Å². The van der Waals surface area contributed by atoms with Crippen LogP contribution >= 0.6 is 11.8 Å². The van der Waals surface area contributed by atoms with E-state index >= 15 is 0 Å². The second-order valence-electron chi connectivity index (χ2n) is 5.49. The smallest absolute Gasteiger partial charge is 0.338 e. The number of aromatic carboxylic acids is 1. The van der Waals surface area contributed by atoms with Crippen molar-refractivity contribution in [3.05, 3.63) is 69.8 Å². The highest BCUT2D eigenvalue weighted by atomic mass is 32.2. The van der Waals surface area contributed by atoms with Gasteiger partial charge in [0.05, 0.1) is 11.3 Å². The molecule has 3 aromatic rings. The number of aromatic nitrogens is 2. The highest BCUT2D eigenvalue weighted by molar-refractivity contribution is 7.98. The number of H-pyrrole nitrogens is 1. The Morgan fingerprint density at radius 3 is 2.37 bits per heavy atom. The standard InChI is InChI=1S/C19H12FN3O3S/c1-27-19-22-16(14(9-21)17(24)23-19)11-4-2-10(3-5-11)12-6-7-13(18(25)26)15(20)8-12/h2-8H,1H3,(H,25,26)(H,22,23,24). The molecule has 2 aromatic carbocycles. The van der Waals surface area contributed by atoms with Crippen LogP contribution in [0.3, 0.4) is 0 Å². The third-order valence-corrected chi connectivity index (χ3v) is 4.47. The van der Waals surface area contributed by atoms with Gasteiger partial charge in [-0.2, -0.15) is 5.26 Å². The number of benzene rings is 2. The van der Waals surface area contributed by atoms with Crippen LogP contribution in [0.25, 0.3) is 22.4 Å². The summed E-state index contributed by atoms with van der Waals surface area (Å²) in [5.41, 5.74) is 1.01. The molecule has 6 nitrogen and oxygen atoms in total. The molecule has 0 unspecified atom stereocenters. The predicted octanol–water partition coefficient (Wildman–Crippen LogP) is 3.53. The molecular weight excluding hydrogens is 369 g/mol. The van der Waals surface area contributed by atoms with Crippen LogP contribution in [0.1, 0.15) is 15.9 Å². The lowest BCUT2D eigenvalue weighted by Crippen LogP contribution is -2.14. The van der Waals surface area contributed by atoms with Gasteiger partial charge in [-0.25, -0.2) is 14.2 Å². The maximum Gasteiger partial charge on any atom is 0.338 e. The van der Waals surface area contributed by atoms with E-state index in [1.807, 2.05) is 6.07 Å². The summed E-state index contributed by atoms with van der Waals surface area (Å²) in [6.45, 7) is 0. The van der Waals surface area contributed by atoms with Crippen molar-refractivity contribution in [3.63, 3.8) is 0 Å². The number of carboxylic acids is 1. The maximum atomic E-state index is 13.9. The zero-order valence-electron chi connectivity index (χ0n) is 14.0. The summed E-state index contributed by atoms with van der Waals surface area (Å²) in [4.78, 5) is 29.8. The molecule has 0 atom stereocenters. The second kappa shape index (κ2) is 7.43. The SMILES string of the molecule is CSc1nc(-c2ccc(-c3ccc(C(=O)O)c(F)c3)cc2)c(C#N)c(=O)[nH]1. The summed E-state index contributed by atoms with van der Waals surface area (Å²) in [5.74, 6) is -2.15. The molecule has 3 rings (SSSR count). The van der Waals surface area contributed by atoms with Crippen LogP contribution in [0.15, 0.2) is 52.4 Å². The van der Waals surface area contributed by atoms with Gasteiger partial charge in [-0.1, -0.05) is 42.1 Å². The van der Waals surface area contributed by atoms with E-state index in [9.17, 15) is 19.2 Å². The molecule has 134 valence electrons. The third kappa shape index (κ3) is 3.59. The zero-order valence-corrected chi connectivity index (χ0v) is 14.8. The van der Waals surface area contributed by atoms with Crippen LogP contribution in [0.5, 0.6) is 0 Å². The van der Waals surface area contributed by atoms with E-state index in [1.165, 1.54) is 23.9 Å². The number of nitriles is 1. The molecule has 0 radical (unpaired) electrons. The molecule has 0 aliphatic rings. The quantitative estimate of drug-likeness (QED) is 0.529. The monoisotopic (exact) mass is 381 g/mol. The molecule has 1 aromatic heterocycles. The van der Waals surface area contributed by atoms with Crippen molar-refractivity contribution in [1.29, 1.82) is 5.26 Å². The zero-order chi connectivity index (χ0) is 19.6. The van der Waals surface area contributed by atoms with Crippen molar-refractivity contribution in [2.75, 3.05) is 6.26 Å². The lowest BCUT2D eigenvalue weighted by molar-refractivity contribution is 0.0692. The van der Waals surface area contributed by atoms with E-state index in [1.54, 1.807) is 30.5 Å². The average molecular weight is 381 g/mol. The fourth-order valence-electron chi connectivity index (χ4n) is 2.55. The highest BCUT2D eigenvalue weighted by Gasteiger charge is 2.14. The largest absolute Gasteiger partial charge is 0.478 e. The van der Waals surface area contributed by atoms with E-state index < -0.39 is 22.9 Å². The van der Waals surface area contributed by atoms with Crippen molar-refractivity contribution in [1.82, 2.24) is 9.97 Å². The Balaban J connectivity index is 2.03. The summed E-state index contributed by atoms with van der Waals surface area (Å²) in [6, 6.07) is 12.5. The Hall–Kier alpha value is -3.44. The minimum atomic E-state index is -1.33. The first-order valence-electron chi connectivity index (χ1n) is 7.66. The van der Waals surface area contributed by atoms with Crippen LogP contribution in [0.4, 0.5) is 4.39 Å². The van der Waals surface area contributed by atoms with Gasteiger partial charge < -0.3 is 10.1 Å². The van der Waals surface area contributed by atoms with E-state index in [0.717, 1.165) is 6.07 Å². The van der Waals surface area contributed by atoms with Gasteiger partial charge in [0, 0.05) is 5.56 Å². The van der Waals surface area contributed by atoms with Gasteiger partial charge in [0.15, 0.2) is 5.16 Å². The number of aromatic amines is 1. The van der Waals surface area contributed by atoms with Gasteiger partial charge in [0.25, 0.3) is 5.56 Å². The second-order valence-corrected chi connectivity index (χ2v) is 6.28. The minimum absolute atomic E-state index is 0.0857. The summed E-state index contributed by atoms with van der Waals surface area (Å²) >= 11 is 1.25. The lowest BCUT2D eigenvalue weighted by Gasteiger charge is -2.08. The normalized spacial score (nSPS) is 10.4. The Labute approximate surface area is 157 Å². The van der Waals surface area contributed by atoms with Gasteiger partial charge in [-0.3, -0.25) is 4.79 Å². The molecule has 0 aliphatic heterocycles. The molecule has 0 saturated heterocycles. The topological polar surface area (TPSA) is 107 Å². The number of carboxylic acid groups (broad SMARTS) is 1. The van der Waals surface area contributed by atoms with Crippen LogP contribution in [-0.4, -0.2) is 27.3 Å². The molecule has 1 heterocycles. The van der Waals surface area contributed by atoms with Crippen molar-refractivity contribution in [3.8, 4) is 28.5 Å². The fourth-order valence-corrected chi connectivity index (χ4v) is 2.93. The van der Waals surface area contributed by atoms with Crippen LogP contribution < -0.4 is 5.56 Å². The molecule has 0 fully saturated rings. The van der Waals surface area contributed by atoms with E-state index in [0.29, 0.717) is 21.8 Å². The number of nitrogens with one attached hydrogen (secondary N) is 1. The fraction of sp³-hybridized carbons (Fsp3) is 0.0526. The highest BCUT2D eigenvalue weighted by Crippen LogP contribution is 2.27. The van der Waals surface area contributed by atoms with Crippen molar-refractivity contribution >= 4 is 17.7 Å². The van der Waals surface area contributed by atoms with Gasteiger partial charge in [-0.15, -0.1) is 0 Å². The Morgan fingerprint density at radius 2 is 1.81 bits per heavy atom. The Morgan fingerprint density at radius 1 is 1.19 bits per heavy atom. The molecule has 27 heavy (non-hydrogen) atoms. The molecule has 0 bridgehead atoms. The molecule has 0 saturated carbocycles. The number of rotatable bonds is 4. The summed E-state index contributed by atoms with van der Waals surface area (Å²) < 4.78 is 13.9. The number of hydrogen-bond donors (Lipinski definition) is 2. The van der Waals surface area contributed by atoms with Gasteiger partial charge in [0.2, 0.25) is 0 Å². The lowest BCUT2D eigenvalue weighted by atomic mass is 10.00. The molecule has 0 spiro atoms. The molecule has 8 heteroatoms. The summed E-state index contributed by atoms with van der Waals surface area (Å²) in [5, 5.41) is 18.5. The number of nitrogens with zero attached hydrogens (tertiary/aromatic N) is 2. The third-order valence-electron chi connectivity index (χ3n) is 3.89. The summed E-state index contributed by atoms with van der Waals surface area (Å²) in [6.07, 6.45) is 1.76. The first-order chi connectivity index (χ1) is 12.9. The van der Waals surface area contributed by atoms with Crippen LogP contribution in [0, 0.1) is 17.1 Å². The Kier molecular flexibility index (Phi) is 5.05. The number of halogens is 1. The number of thioether (sulfide) groups is 1. The van der Waals surface area contributed by atoms with Crippen molar-refractivity contribution < 1.29 is 14.3 Å². The van der Waals surface area contributed by atoms with E-state index in [2.05, 4.69) is 9.97 Å². The van der Waals surface area contributed by atoms with E-state index in [-0.39, 0.29) is 11.3 Å². The van der Waals surface area contributed by atoms with Crippen molar-refractivity contribution in [2.45, 2.75) is 5.16 Å². The van der Waals surface area contributed by atoms with Gasteiger partial charge in [0.1, 0.15) is 17.4 Å². The average Bonchev–Trinajstić information content (AvgIpc) is 2.67. The Bertz CT molecular complexity index is 1130. The van der Waals surface area contributed by atoms with Crippen LogP contribution in [0.2, 0.25) is 0 Å². The minimum Gasteiger partial charge on any atom is -0.478 e. The first kappa shape index (κ1) is 18.4. The molecule has 2 N–H and O–H groups in total. The number of hydrogen-bond acceptors (Lipinski definition) is 5. The first-order valence-corrected chi connectivity index (χ1v) is 8.89. The molecule has 0 aliphatic carbocycles. The molecule has 0 amide bonds. The maximum absolute atomic E-state index is 13.9. The number of carbonyl (C=O) groups is 1. The van der Waals surface area contributed by atoms with Gasteiger partial charge >= 0.3 is 5.97 Å².